The second kappa shape index (κ2) is 9.82. The van der Waals surface area contributed by atoms with Crippen molar-refractivity contribution in [1.82, 2.24) is 0 Å². The number of hydrogen-bond acceptors (Lipinski definition) is 4. The van der Waals surface area contributed by atoms with Crippen molar-refractivity contribution < 1.29 is 13.9 Å². The number of aryl methyl sites for hydroxylation is 2. The van der Waals surface area contributed by atoms with E-state index in [4.69, 9.17) is 20.8 Å². The highest BCUT2D eigenvalue weighted by molar-refractivity contribution is 6.31. The third-order valence-corrected chi connectivity index (χ3v) is 6.36. The molecule has 3 aromatic carbocycles. The van der Waals surface area contributed by atoms with Crippen molar-refractivity contribution >= 4 is 34.2 Å². The Morgan fingerprint density at radius 1 is 1.00 bits per heavy atom. The van der Waals surface area contributed by atoms with Gasteiger partial charge in [0.2, 0.25) is 11.2 Å². The predicted octanol–water partition coefficient (Wildman–Crippen LogP) is 7.43. The molecule has 1 amide bonds. The van der Waals surface area contributed by atoms with E-state index in [0.29, 0.717) is 21.9 Å². The highest BCUT2D eigenvalue weighted by Gasteiger charge is 2.24. The highest BCUT2D eigenvalue weighted by atomic mass is 35.5. The fourth-order valence-electron chi connectivity index (χ4n) is 3.99. The zero-order valence-corrected chi connectivity index (χ0v) is 22.1. The lowest BCUT2D eigenvalue weighted by atomic mass is 9.86. The molecule has 1 atom stereocenters. The van der Waals surface area contributed by atoms with Gasteiger partial charge in [-0.15, -0.1) is 0 Å². The van der Waals surface area contributed by atoms with Crippen molar-refractivity contribution in [2.75, 3.05) is 5.32 Å². The maximum absolute atomic E-state index is 13.5. The van der Waals surface area contributed by atoms with Crippen LogP contribution in [-0.4, -0.2) is 12.0 Å². The van der Waals surface area contributed by atoms with Crippen LogP contribution in [0.4, 0.5) is 5.69 Å². The standard InChI is InChI=1S/C30H30ClNO4/c1-17-7-13-24(18(2)15-17)32-29(34)19(3)35-28-26(33)23-16-22(31)12-14-25(23)36-27(28)20-8-10-21(11-9-20)30(4,5)6/h7-16,19H,1-6H3,(H,32,34)/t19-/m0/s1. The lowest BCUT2D eigenvalue weighted by molar-refractivity contribution is -0.122. The number of amides is 1. The Bertz CT molecular complexity index is 1500. The minimum atomic E-state index is -0.960. The molecular weight excluding hydrogens is 474 g/mol. The molecule has 36 heavy (non-hydrogen) atoms. The smallest absolute Gasteiger partial charge is 0.265 e. The molecule has 0 saturated carbocycles. The first-order chi connectivity index (χ1) is 16.9. The van der Waals surface area contributed by atoms with E-state index in [1.807, 2.05) is 56.3 Å². The average molecular weight is 504 g/mol. The molecule has 186 valence electrons. The number of halogens is 1. The van der Waals surface area contributed by atoms with Crippen molar-refractivity contribution in [2.45, 2.75) is 53.1 Å². The van der Waals surface area contributed by atoms with E-state index in [2.05, 4.69) is 26.1 Å². The molecule has 0 unspecified atom stereocenters. The summed E-state index contributed by atoms with van der Waals surface area (Å²) >= 11 is 6.15. The zero-order chi connectivity index (χ0) is 26.2. The van der Waals surface area contributed by atoms with E-state index < -0.39 is 6.10 Å². The monoisotopic (exact) mass is 503 g/mol. The summed E-state index contributed by atoms with van der Waals surface area (Å²) in [4.78, 5) is 26.5. The highest BCUT2D eigenvalue weighted by Crippen LogP contribution is 2.34. The van der Waals surface area contributed by atoms with Crippen molar-refractivity contribution in [3.8, 4) is 17.1 Å². The summed E-state index contributed by atoms with van der Waals surface area (Å²) in [6.07, 6.45) is -0.960. The Morgan fingerprint density at radius 3 is 2.33 bits per heavy atom. The quantitative estimate of drug-likeness (QED) is 0.307. The van der Waals surface area contributed by atoms with Gasteiger partial charge in [-0.1, -0.05) is 74.3 Å². The van der Waals surface area contributed by atoms with Gasteiger partial charge in [-0.2, -0.15) is 0 Å². The van der Waals surface area contributed by atoms with E-state index in [-0.39, 0.29) is 33.6 Å². The number of ether oxygens (including phenoxy) is 1. The molecule has 0 bridgehead atoms. The van der Waals surface area contributed by atoms with Crippen LogP contribution in [0, 0.1) is 13.8 Å². The summed E-state index contributed by atoms with van der Waals surface area (Å²) in [5.41, 5.74) is 4.52. The summed E-state index contributed by atoms with van der Waals surface area (Å²) in [5.74, 6) is -0.139. The van der Waals surface area contributed by atoms with Crippen molar-refractivity contribution in [3.05, 3.63) is 92.6 Å². The summed E-state index contributed by atoms with van der Waals surface area (Å²) in [6.45, 7) is 11.9. The molecule has 0 saturated heterocycles. The second-order valence-electron chi connectivity index (χ2n) is 10.1. The Kier molecular flexibility index (Phi) is 6.96. The summed E-state index contributed by atoms with van der Waals surface area (Å²) in [5, 5.41) is 3.58. The van der Waals surface area contributed by atoms with Gasteiger partial charge < -0.3 is 14.5 Å². The summed E-state index contributed by atoms with van der Waals surface area (Å²) < 4.78 is 12.2. The van der Waals surface area contributed by atoms with Crippen LogP contribution in [0.2, 0.25) is 5.02 Å². The van der Waals surface area contributed by atoms with Crippen LogP contribution >= 0.6 is 11.6 Å². The lowest BCUT2D eigenvalue weighted by Gasteiger charge is -2.20. The first-order valence-electron chi connectivity index (χ1n) is 11.9. The van der Waals surface area contributed by atoms with Crippen LogP contribution in [0.15, 0.2) is 69.9 Å². The van der Waals surface area contributed by atoms with Crippen LogP contribution in [0.25, 0.3) is 22.3 Å². The number of hydrogen-bond donors (Lipinski definition) is 1. The van der Waals surface area contributed by atoms with Crippen molar-refractivity contribution in [3.63, 3.8) is 0 Å². The van der Waals surface area contributed by atoms with E-state index in [1.54, 1.807) is 25.1 Å². The first-order valence-corrected chi connectivity index (χ1v) is 12.2. The van der Waals surface area contributed by atoms with E-state index in [1.165, 1.54) is 0 Å². The molecule has 0 radical (unpaired) electrons. The van der Waals surface area contributed by atoms with Gasteiger partial charge >= 0.3 is 0 Å². The van der Waals surface area contributed by atoms with Crippen LogP contribution in [0.3, 0.4) is 0 Å². The topological polar surface area (TPSA) is 68.5 Å². The number of carbonyl (C=O) groups is 1. The zero-order valence-electron chi connectivity index (χ0n) is 21.4. The molecule has 6 heteroatoms. The third-order valence-electron chi connectivity index (χ3n) is 6.13. The molecule has 0 fully saturated rings. The molecule has 1 N–H and O–H groups in total. The van der Waals surface area contributed by atoms with Gasteiger partial charge in [0.1, 0.15) is 5.58 Å². The fraction of sp³-hybridized carbons (Fsp3) is 0.267. The number of fused-ring (bicyclic) bond motifs is 1. The van der Waals surface area contributed by atoms with Crippen LogP contribution in [0.1, 0.15) is 44.4 Å². The molecule has 1 aromatic heterocycles. The fourth-order valence-corrected chi connectivity index (χ4v) is 4.16. The molecule has 0 aliphatic carbocycles. The number of benzene rings is 3. The molecule has 5 nitrogen and oxygen atoms in total. The van der Waals surface area contributed by atoms with Gasteiger partial charge in [-0.3, -0.25) is 9.59 Å². The Morgan fingerprint density at radius 2 is 1.69 bits per heavy atom. The Hall–Kier alpha value is -3.57. The molecule has 1 heterocycles. The summed E-state index contributed by atoms with van der Waals surface area (Å²) in [7, 11) is 0. The first kappa shape index (κ1) is 25.5. The Labute approximate surface area is 216 Å². The van der Waals surface area contributed by atoms with E-state index >= 15 is 0 Å². The van der Waals surface area contributed by atoms with Crippen molar-refractivity contribution in [2.24, 2.45) is 0 Å². The normalized spacial score (nSPS) is 12.4. The molecule has 0 spiro atoms. The number of anilines is 1. The number of nitrogens with one attached hydrogen (secondary N) is 1. The van der Waals surface area contributed by atoms with E-state index in [9.17, 15) is 9.59 Å². The summed E-state index contributed by atoms with van der Waals surface area (Å²) in [6, 6.07) is 18.4. The third kappa shape index (κ3) is 5.31. The average Bonchev–Trinajstić information content (AvgIpc) is 2.82. The molecule has 4 aromatic rings. The van der Waals surface area contributed by atoms with Gasteiger partial charge in [0.25, 0.3) is 5.91 Å². The molecule has 0 aliphatic rings. The maximum atomic E-state index is 13.5. The molecule has 4 rings (SSSR count). The number of carbonyl (C=O) groups excluding carboxylic acids is 1. The van der Waals surface area contributed by atoms with Crippen molar-refractivity contribution in [1.29, 1.82) is 0 Å². The number of rotatable bonds is 5. The van der Waals surface area contributed by atoms with Gasteiger partial charge in [0, 0.05) is 16.3 Å². The minimum absolute atomic E-state index is 0.0282. The van der Waals surface area contributed by atoms with Gasteiger partial charge in [0.05, 0.1) is 5.39 Å². The van der Waals surface area contributed by atoms with Gasteiger partial charge in [0.15, 0.2) is 11.9 Å². The van der Waals surface area contributed by atoms with Crippen LogP contribution in [0.5, 0.6) is 5.75 Å². The largest absolute Gasteiger partial charge is 0.473 e. The SMILES string of the molecule is Cc1ccc(NC(=O)[C@H](C)Oc2c(-c3ccc(C(C)(C)C)cc3)oc3ccc(Cl)cc3c2=O)c(C)c1. The van der Waals surface area contributed by atoms with Gasteiger partial charge in [-0.25, -0.2) is 0 Å². The van der Waals surface area contributed by atoms with Crippen LogP contribution < -0.4 is 15.5 Å². The second-order valence-corrected chi connectivity index (χ2v) is 10.6. The van der Waals surface area contributed by atoms with E-state index in [0.717, 1.165) is 16.7 Å². The van der Waals surface area contributed by atoms with Gasteiger partial charge in [-0.05, 0) is 61.6 Å². The predicted molar refractivity (Wildman–Crippen MR) is 146 cm³/mol. The van der Waals surface area contributed by atoms with Crippen LogP contribution in [-0.2, 0) is 10.2 Å². The Balaban J connectivity index is 1.75. The minimum Gasteiger partial charge on any atom is -0.473 e. The lowest BCUT2D eigenvalue weighted by Crippen LogP contribution is -2.32. The maximum Gasteiger partial charge on any atom is 0.265 e. The molecular formula is C30H30ClNO4. The molecule has 0 aliphatic heterocycles.